The Labute approximate surface area is 130 Å². The topological polar surface area (TPSA) is 9.23 Å². The fourth-order valence-electron chi connectivity index (χ4n) is 2.44. The van der Waals surface area contributed by atoms with Gasteiger partial charge in [-0.05, 0) is 31.5 Å². The molecule has 0 radical (unpaired) electrons. The fraction of sp³-hybridized carbons (Fsp3) is 0.556. The molecule has 21 heavy (non-hydrogen) atoms. The molecule has 0 aliphatic carbocycles. The van der Waals surface area contributed by atoms with Crippen LogP contribution in [0.25, 0.3) is 0 Å². The predicted molar refractivity (Wildman–Crippen MR) is 91.6 cm³/mol. The second-order valence-electron chi connectivity index (χ2n) is 6.11. The van der Waals surface area contributed by atoms with Crippen molar-refractivity contribution >= 4 is 8.41 Å². The second kappa shape index (κ2) is 9.16. The van der Waals surface area contributed by atoms with Gasteiger partial charge in [-0.15, -0.1) is 6.58 Å². The Hall–Kier alpha value is -0.933. The lowest BCUT2D eigenvalue weighted by Crippen LogP contribution is -2.40. The van der Waals surface area contributed by atoms with Crippen molar-refractivity contribution in [3.05, 3.63) is 48.6 Å². The lowest BCUT2D eigenvalue weighted by Gasteiger charge is -2.30. The van der Waals surface area contributed by atoms with Crippen LogP contribution in [0.2, 0.25) is 13.1 Å². The highest BCUT2D eigenvalue weighted by Gasteiger charge is 2.35. The van der Waals surface area contributed by atoms with Gasteiger partial charge in [-0.3, -0.25) is 0 Å². The summed E-state index contributed by atoms with van der Waals surface area (Å²) in [5, 5.41) is 0. The van der Waals surface area contributed by atoms with Gasteiger partial charge in [0.1, 0.15) is 0 Å². The van der Waals surface area contributed by atoms with Gasteiger partial charge < -0.3 is 8.84 Å². The van der Waals surface area contributed by atoms with Crippen LogP contribution in [0.1, 0.15) is 50.7 Å². The third kappa shape index (κ3) is 6.57. The standard InChI is InChI=1S/C18H29FOSi/c1-5-7-9-15-18(21(3,4)19)20-17(12-6-2)16-13-10-8-11-14-16/h6,8,10-11,13-14,17-18H,2,5,7,9,12,15H2,1,3-4H3/t17-,18+/m1/s1. The molecule has 0 aromatic heterocycles. The van der Waals surface area contributed by atoms with E-state index in [9.17, 15) is 4.11 Å². The Bertz CT molecular complexity index is 399. The first-order valence-electron chi connectivity index (χ1n) is 7.99. The van der Waals surface area contributed by atoms with E-state index in [-0.39, 0.29) is 11.8 Å². The summed E-state index contributed by atoms with van der Waals surface area (Å²) in [6, 6.07) is 10.1. The highest BCUT2D eigenvalue weighted by molar-refractivity contribution is 6.71. The van der Waals surface area contributed by atoms with Gasteiger partial charge in [0.2, 0.25) is 0 Å². The summed E-state index contributed by atoms with van der Waals surface area (Å²) in [6.07, 6.45) is 6.64. The van der Waals surface area contributed by atoms with Gasteiger partial charge in [-0.25, -0.2) is 0 Å². The third-order valence-electron chi connectivity index (χ3n) is 3.72. The average Bonchev–Trinajstić information content (AvgIpc) is 2.45. The largest absolute Gasteiger partial charge is 0.370 e. The molecule has 0 heterocycles. The number of unbranched alkanes of at least 4 members (excludes halogenated alkanes) is 2. The SMILES string of the molecule is C=CC[C@@H](O[C@H](CCCCC)[Si](C)(C)F)c1ccccc1. The fourth-order valence-corrected chi connectivity index (χ4v) is 3.82. The molecule has 2 atom stereocenters. The first-order valence-corrected chi connectivity index (χ1v) is 10.9. The molecule has 0 aliphatic heterocycles. The molecule has 0 saturated carbocycles. The summed E-state index contributed by atoms with van der Waals surface area (Å²) in [4.78, 5) is 0. The Morgan fingerprint density at radius 1 is 1.24 bits per heavy atom. The maximum absolute atomic E-state index is 14.6. The third-order valence-corrected chi connectivity index (χ3v) is 5.67. The van der Waals surface area contributed by atoms with E-state index in [0.717, 1.165) is 37.7 Å². The Morgan fingerprint density at radius 3 is 2.43 bits per heavy atom. The molecule has 118 valence electrons. The lowest BCUT2D eigenvalue weighted by molar-refractivity contribution is 0.0165. The molecule has 0 amide bonds. The van der Waals surface area contributed by atoms with Gasteiger partial charge in [0.25, 0.3) is 8.41 Å². The summed E-state index contributed by atoms with van der Waals surface area (Å²) in [5.74, 6) is 0. The van der Waals surface area contributed by atoms with E-state index in [1.165, 1.54) is 0 Å². The molecule has 1 nitrogen and oxygen atoms in total. The van der Waals surface area contributed by atoms with Crippen LogP contribution in [0, 0.1) is 0 Å². The summed E-state index contributed by atoms with van der Waals surface area (Å²) in [5.41, 5.74) is 0.866. The molecule has 0 unspecified atom stereocenters. The summed E-state index contributed by atoms with van der Waals surface area (Å²) >= 11 is 0. The van der Waals surface area contributed by atoms with Crippen molar-refractivity contribution < 1.29 is 8.84 Å². The smallest absolute Gasteiger partial charge is 0.269 e. The summed E-state index contributed by atoms with van der Waals surface area (Å²) in [6.45, 7) is 9.47. The molecular weight excluding hydrogens is 279 g/mol. The van der Waals surface area contributed by atoms with Gasteiger partial charge in [0.15, 0.2) is 0 Å². The highest BCUT2D eigenvalue weighted by Crippen LogP contribution is 2.29. The van der Waals surface area contributed by atoms with E-state index >= 15 is 0 Å². The lowest BCUT2D eigenvalue weighted by atomic mass is 10.1. The Balaban J connectivity index is 2.78. The first kappa shape index (κ1) is 18.1. The van der Waals surface area contributed by atoms with Crippen LogP contribution >= 0.6 is 0 Å². The zero-order valence-corrected chi connectivity index (χ0v) is 14.6. The minimum absolute atomic E-state index is 0.0853. The molecule has 0 fully saturated rings. The summed E-state index contributed by atoms with van der Waals surface area (Å²) in [7, 11) is -2.82. The average molecular weight is 309 g/mol. The summed E-state index contributed by atoms with van der Waals surface area (Å²) < 4.78 is 20.8. The number of benzene rings is 1. The number of rotatable bonds is 10. The van der Waals surface area contributed by atoms with Crippen molar-refractivity contribution in [3.8, 4) is 0 Å². The molecule has 1 aromatic rings. The zero-order chi connectivity index (χ0) is 15.7. The molecule has 1 aromatic carbocycles. The normalized spacial score (nSPS) is 14.7. The van der Waals surface area contributed by atoms with E-state index in [1.807, 2.05) is 36.4 Å². The number of hydrogen-bond acceptors (Lipinski definition) is 1. The predicted octanol–water partition coefficient (Wildman–Crippen LogP) is 5.98. The minimum atomic E-state index is -2.82. The number of halogens is 1. The molecule has 1 rings (SSSR count). The maximum Gasteiger partial charge on any atom is 0.269 e. The van der Waals surface area contributed by atoms with E-state index in [2.05, 4.69) is 13.5 Å². The molecule has 0 bridgehead atoms. The monoisotopic (exact) mass is 308 g/mol. The van der Waals surface area contributed by atoms with Gasteiger partial charge >= 0.3 is 0 Å². The van der Waals surface area contributed by atoms with E-state index in [0.29, 0.717) is 0 Å². The van der Waals surface area contributed by atoms with Crippen molar-refractivity contribution in [2.75, 3.05) is 0 Å². The van der Waals surface area contributed by atoms with Crippen molar-refractivity contribution in [1.82, 2.24) is 0 Å². The van der Waals surface area contributed by atoms with Crippen LogP contribution < -0.4 is 0 Å². The van der Waals surface area contributed by atoms with Gasteiger partial charge in [0.05, 0.1) is 11.8 Å². The van der Waals surface area contributed by atoms with E-state index in [4.69, 9.17) is 4.74 Å². The van der Waals surface area contributed by atoms with Crippen molar-refractivity contribution in [2.24, 2.45) is 0 Å². The van der Waals surface area contributed by atoms with Crippen LogP contribution in [0.5, 0.6) is 0 Å². The van der Waals surface area contributed by atoms with E-state index in [1.54, 1.807) is 13.1 Å². The van der Waals surface area contributed by atoms with Gasteiger partial charge in [-0.1, -0.05) is 62.6 Å². The molecular formula is C18H29FOSi. The van der Waals surface area contributed by atoms with Crippen LogP contribution in [0.15, 0.2) is 43.0 Å². The Morgan fingerprint density at radius 2 is 1.90 bits per heavy atom. The zero-order valence-electron chi connectivity index (χ0n) is 13.6. The van der Waals surface area contributed by atoms with Crippen molar-refractivity contribution in [3.63, 3.8) is 0 Å². The van der Waals surface area contributed by atoms with Gasteiger partial charge in [-0.2, -0.15) is 0 Å². The Kier molecular flexibility index (Phi) is 7.90. The molecule has 0 saturated heterocycles. The van der Waals surface area contributed by atoms with E-state index < -0.39 is 8.41 Å². The quantitative estimate of drug-likeness (QED) is 0.223. The van der Waals surface area contributed by atoms with Crippen molar-refractivity contribution in [1.29, 1.82) is 0 Å². The molecule has 3 heteroatoms. The number of hydrogen-bond donors (Lipinski definition) is 0. The van der Waals surface area contributed by atoms with Crippen LogP contribution in [0.4, 0.5) is 4.11 Å². The number of ether oxygens (including phenoxy) is 1. The highest BCUT2D eigenvalue weighted by atomic mass is 28.4. The maximum atomic E-state index is 14.6. The second-order valence-corrected chi connectivity index (χ2v) is 9.88. The van der Waals surface area contributed by atoms with Crippen molar-refractivity contribution in [2.45, 2.75) is 64.0 Å². The van der Waals surface area contributed by atoms with Crippen LogP contribution in [0.3, 0.4) is 0 Å². The molecule has 0 N–H and O–H groups in total. The minimum Gasteiger partial charge on any atom is -0.370 e. The van der Waals surface area contributed by atoms with Crippen LogP contribution in [-0.2, 0) is 4.74 Å². The molecule has 0 spiro atoms. The molecule has 0 aliphatic rings. The van der Waals surface area contributed by atoms with Gasteiger partial charge in [0, 0.05) is 0 Å². The van der Waals surface area contributed by atoms with Crippen LogP contribution in [-0.4, -0.2) is 14.1 Å². The first-order chi connectivity index (χ1) is 9.99.